The quantitative estimate of drug-likeness (QED) is 0.275. The Labute approximate surface area is 235 Å². The van der Waals surface area contributed by atoms with E-state index in [4.69, 9.17) is 11.6 Å². The van der Waals surface area contributed by atoms with Gasteiger partial charge in [-0.1, -0.05) is 51.4 Å². The largest absolute Gasteiger partial charge is 0.356 e. The molecule has 0 spiro atoms. The molecule has 3 unspecified atom stereocenters. The third-order valence-corrected chi connectivity index (χ3v) is 7.44. The van der Waals surface area contributed by atoms with Crippen LogP contribution in [0, 0.1) is 11.3 Å². The van der Waals surface area contributed by atoms with Crippen LogP contribution in [-0.2, 0) is 24.0 Å². The van der Waals surface area contributed by atoms with Crippen LogP contribution >= 0.6 is 11.6 Å². The Morgan fingerprint density at radius 3 is 2.23 bits per heavy atom. The number of hydrogen-bond acceptors (Lipinski definition) is 5. The molecule has 4 N–H and O–H groups in total. The van der Waals surface area contributed by atoms with E-state index in [1.54, 1.807) is 12.1 Å². The highest BCUT2D eigenvalue weighted by atomic mass is 35.5. The predicted octanol–water partition coefficient (Wildman–Crippen LogP) is 3.00. The van der Waals surface area contributed by atoms with Crippen LogP contribution in [0.2, 0.25) is 5.02 Å². The monoisotopic (exact) mass is 560 g/mol. The first-order chi connectivity index (χ1) is 18.4. The van der Waals surface area contributed by atoms with Gasteiger partial charge < -0.3 is 21.3 Å². The van der Waals surface area contributed by atoms with Crippen molar-refractivity contribution in [2.24, 2.45) is 11.3 Å². The van der Waals surface area contributed by atoms with E-state index in [2.05, 4.69) is 21.3 Å². The molecular formula is C29H41ClN4O5. The average Bonchev–Trinajstić information content (AvgIpc) is 3.59. The van der Waals surface area contributed by atoms with Crippen LogP contribution in [0.25, 0.3) is 0 Å². The van der Waals surface area contributed by atoms with Gasteiger partial charge >= 0.3 is 0 Å². The minimum atomic E-state index is -1.16. The van der Waals surface area contributed by atoms with Gasteiger partial charge in [-0.3, -0.25) is 24.0 Å². The standard InChI is InChI=1S/C29H41ClN4O5/c1-5-17(18-6-8-20(30)9-7-18)15-24(35)33-23(16-29(2,3)4)27(38)34-22(14-19-12-13-31-26(19)37)25(36)28(39)32-21-10-11-21/h6-9,17,19,21-23H,5,10-16H2,1-4H3,(H,31,37)(H,32,39)(H,33,35)(H,34,38)/t17?,19-,22?,23?/m0/s1. The van der Waals surface area contributed by atoms with Gasteiger partial charge in [-0.25, -0.2) is 0 Å². The maximum atomic E-state index is 13.5. The van der Waals surface area contributed by atoms with Crippen molar-refractivity contribution in [1.29, 1.82) is 0 Å². The van der Waals surface area contributed by atoms with E-state index >= 15 is 0 Å². The highest BCUT2D eigenvalue weighted by Gasteiger charge is 2.37. The fourth-order valence-electron chi connectivity index (χ4n) is 4.83. The van der Waals surface area contributed by atoms with Gasteiger partial charge in [-0.15, -0.1) is 0 Å². The zero-order chi connectivity index (χ0) is 28.7. The number of nitrogens with one attached hydrogen (secondary N) is 4. The normalized spacial score (nSPS) is 19.4. The summed E-state index contributed by atoms with van der Waals surface area (Å²) in [6, 6.07) is 5.26. The van der Waals surface area contributed by atoms with E-state index in [0.717, 1.165) is 24.8 Å². The topological polar surface area (TPSA) is 133 Å². The lowest BCUT2D eigenvalue weighted by Gasteiger charge is -2.29. The molecule has 2 fully saturated rings. The van der Waals surface area contributed by atoms with E-state index in [0.29, 0.717) is 24.4 Å². The van der Waals surface area contributed by atoms with Crippen molar-refractivity contribution in [3.05, 3.63) is 34.9 Å². The number of ketones is 1. The number of Topliss-reactive ketones (excluding diaryl/α,β-unsaturated/α-hetero) is 1. The third kappa shape index (κ3) is 9.64. The Hall–Kier alpha value is -2.94. The van der Waals surface area contributed by atoms with Crippen LogP contribution in [-0.4, -0.2) is 54.1 Å². The van der Waals surface area contributed by atoms with Crippen molar-refractivity contribution in [2.75, 3.05) is 6.54 Å². The summed E-state index contributed by atoms with van der Waals surface area (Å²) in [5.41, 5.74) is 0.667. The number of rotatable bonds is 13. The summed E-state index contributed by atoms with van der Waals surface area (Å²) < 4.78 is 0. The molecule has 3 rings (SSSR count). The number of hydrogen-bond donors (Lipinski definition) is 4. The number of amides is 4. The highest BCUT2D eigenvalue weighted by molar-refractivity contribution is 6.38. The maximum Gasteiger partial charge on any atom is 0.289 e. The molecular weight excluding hydrogens is 520 g/mol. The smallest absolute Gasteiger partial charge is 0.289 e. The predicted molar refractivity (Wildman–Crippen MR) is 149 cm³/mol. The molecule has 1 heterocycles. The van der Waals surface area contributed by atoms with Crippen LogP contribution in [0.4, 0.5) is 0 Å². The highest BCUT2D eigenvalue weighted by Crippen LogP contribution is 2.26. The first-order valence-electron chi connectivity index (χ1n) is 13.8. The molecule has 4 atom stereocenters. The number of halogens is 1. The van der Waals surface area contributed by atoms with E-state index in [-0.39, 0.29) is 42.0 Å². The fraction of sp³-hybridized carbons (Fsp3) is 0.621. The van der Waals surface area contributed by atoms with Gasteiger partial charge in [0.2, 0.25) is 23.5 Å². The molecule has 1 aliphatic heterocycles. The lowest BCUT2D eigenvalue weighted by atomic mass is 9.87. The van der Waals surface area contributed by atoms with E-state index in [9.17, 15) is 24.0 Å². The van der Waals surface area contributed by atoms with Crippen molar-refractivity contribution >= 4 is 41.0 Å². The Morgan fingerprint density at radius 1 is 1.03 bits per heavy atom. The van der Waals surface area contributed by atoms with Crippen molar-refractivity contribution < 1.29 is 24.0 Å². The summed E-state index contributed by atoms with van der Waals surface area (Å²) in [4.78, 5) is 64.5. The van der Waals surface area contributed by atoms with Gasteiger partial charge in [-0.2, -0.15) is 0 Å². The van der Waals surface area contributed by atoms with Crippen molar-refractivity contribution in [3.8, 4) is 0 Å². The van der Waals surface area contributed by atoms with Crippen LogP contribution in [0.1, 0.15) is 84.1 Å². The van der Waals surface area contributed by atoms with Crippen LogP contribution < -0.4 is 21.3 Å². The van der Waals surface area contributed by atoms with Gasteiger partial charge in [0.1, 0.15) is 6.04 Å². The first kappa shape index (κ1) is 30.6. The third-order valence-electron chi connectivity index (χ3n) is 7.19. The summed E-state index contributed by atoms with van der Waals surface area (Å²) in [6.45, 7) is 8.35. The lowest BCUT2D eigenvalue weighted by molar-refractivity contribution is -0.141. The molecule has 9 nitrogen and oxygen atoms in total. The molecule has 1 aromatic carbocycles. The molecule has 1 saturated carbocycles. The molecule has 2 aliphatic rings. The van der Waals surface area contributed by atoms with E-state index in [1.165, 1.54) is 0 Å². The van der Waals surface area contributed by atoms with Crippen LogP contribution in [0.3, 0.4) is 0 Å². The van der Waals surface area contributed by atoms with Gasteiger partial charge in [0.15, 0.2) is 0 Å². The Morgan fingerprint density at radius 2 is 1.69 bits per heavy atom. The molecule has 0 bridgehead atoms. The molecule has 214 valence electrons. The molecule has 1 aromatic rings. The van der Waals surface area contributed by atoms with Crippen LogP contribution in [0.15, 0.2) is 24.3 Å². The van der Waals surface area contributed by atoms with Crippen molar-refractivity contribution in [2.45, 2.75) is 96.7 Å². The minimum absolute atomic E-state index is 0.0207. The molecule has 1 saturated heterocycles. The molecule has 4 amide bonds. The SMILES string of the molecule is CCC(CC(=O)NC(CC(C)(C)C)C(=O)NC(C[C@@H]1CCNC1=O)C(=O)C(=O)NC1CC1)c1ccc(Cl)cc1. The minimum Gasteiger partial charge on any atom is -0.356 e. The Kier molecular flexibility index (Phi) is 10.5. The first-order valence-corrected chi connectivity index (χ1v) is 14.2. The number of carbonyl (C=O) groups excluding carboxylic acids is 5. The molecule has 0 aromatic heterocycles. The second kappa shape index (κ2) is 13.4. The summed E-state index contributed by atoms with van der Waals surface area (Å²) >= 11 is 6.01. The van der Waals surface area contributed by atoms with Gasteiger partial charge in [0.05, 0.1) is 6.04 Å². The molecule has 39 heavy (non-hydrogen) atoms. The fourth-order valence-corrected chi connectivity index (χ4v) is 4.96. The van der Waals surface area contributed by atoms with Crippen molar-refractivity contribution in [1.82, 2.24) is 21.3 Å². The maximum absolute atomic E-state index is 13.5. The number of benzene rings is 1. The second-order valence-corrected chi connectivity index (χ2v) is 12.4. The van der Waals surface area contributed by atoms with E-state index < -0.39 is 35.6 Å². The summed E-state index contributed by atoms with van der Waals surface area (Å²) in [5.74, 6) is -3.09. The summed E-state index contributed by atoms with van der Waals surface area (Å²) in [5, 5.41) is 11.6. The second-order valence-electron chi connectivity index (χ2n) is 11.9. The molecule has 1 aliphatic carbocycles. The zero-order valence-corrected chi connectivity index (χ0v) is 24.0. The van der Waals surface area contributed by atoms with Crippen molar-refractivity contribution in [3.63, 3.8) is 0 Å². The molecule has 0 radical (unpaired) electrons. The lowest BCUT2D eigenvalue weighted by Crippen LogP contribution is -2.55. The summed E-state index contributed by atoms with van der Waals surface area (Å²) in [6.07, 6.45) is 3.40. The Bertz CT molecular complexity index is 1060. The van der Waals surface area contributed by atoms with Gasteiger partial charge in [0.25, 0.3) is 5.91 Å². The molecule has 10 heteroatoms. The van der Waals surface area contributed by atoms with Gasteiger partial charge in [-0.05, 0) is 67.6 Å². The Balaban J connectivity index is 1.73. The summed E-state index contributed by atoms with van der Waals surface area (Å²) in [7, 11) is 0. The average molecular weight is 561 g/mol. The van der Waals surface area contributed by atoms with Gasteiger partial charge in [0, 0.05) is 29.9 Å². The zero-order valence-electron chi connectivity index (χ0n) is 23.3. The van der Waals surface area contributed by atoms with E-state index in [1.807, 2.05) is 39.8 Å². The van der Waals surface area contributed by atoms with Crippen LogP contribution in [0.5, 0.6) is 0 Å². The number of carbonyl (C=O) groups is 5.